The summed E-state index contributed by atoms with van der Waals surface area (Å²) in [5.74, 6) is -0.0504. The average molecular weight is 254 g/mol. The maximum atomic E-state index is 13.7. The van der Waals surface area contributed by atoms with Crippen LogP contribution in [-0.4, -0.2) is 15.0 Å². The lowest BCUT2D eigenvalue weighted by Crippen LogP contribution is -2.02. The SMILES string of the molecule is Nc1c(-c2ccccc2F)nnn1-c1ccccc1. The van der Waals surface area contributed by atoms with E-state index in [4.69, 9.17) is 5.73 Å². The van der Waals surface area contributed by atoms with Crippen LogP contribution in [-0.2, 0) is 0 Å². The fraction of sp³-hybridized carbons (Fsp3) is 0. The molecule has 0 radical (unpaired) electrons. The molecule has 0 fully saturated rings. The minimum Gasteiger partial charge on any atom is -0.382 e. The predicted octanol–water partition coefficient (Wildman–Crippen LogP) is 2.66. The van der Waals surface area contributed by atoms with Crippen LogP contribution in [0.5, 0.6) is 0 Å². The van der Waals surface area contributed by atoms with Crippen molar-refractivity contribution >= 4 is 5.82 Å². The highest BCUT2D eigenvalue weighted by Gasteiger charge is 2.15. The molecule has 3 rings (SSSR count). The Labute approximate surface area is 109 Å². The highest BCUT2D eigenvalue weighted by molar-refractivity contribution is 5.71. The molecule has 0 aliphatic rings. The standard InChI is InChI=1S/C14H11FN4/c15-12-9-5-4-8-11(12)13-14(16)19(18-17-13)10-6-2-1-3-7-10/h1-9H,16H2. The lowest BCUT2D eigenvalue weighted by molar-refractivity contribution is 0.630. The molecule has 2 N–H and O–H groups in total. The summed E-state index contributed by atoms with van der Waals surface area (Å²) in [5, 5.41) is 7.95. The van der Waals surface area contributed by atoms with E-state index in [1.54, 1.807) is 18.2 Å². The van der Waals surface area contributed by atoms with Crippen molar-refractivity contribution in [3.63, 3.8) is 0 Å². The highest BCUT2D eigenvalue weighted by Crippen LogP contribution is 2.27. The van der Waals surface area contributed by atoms with Gasteiger partial charge in [-0.05, 0) is 24.3 Å². The van der Waals surface area contributed by atoms with E-state index < -0.39 is 0 Å². The van der Waals surface area contributed by atoms with Crippen LogP contribution in [0.15, 0.2) is 54.6 Å². The normalized spacial score (nSPS) is 10.6. The Bertz CT molecular complexity index is 706. The zero-order valence-corrected chi connectivity index (χ0v) is 9.99. The third-order valence-corrected chi connectivity index (χ3v) is 2.83. The number of aromatic nitrogens is 3. The molecule has 4 nitrogen and oxygen atoms in total. The molecule has 5 heteroatoms. The van der Waals surface area contributed by atoms with E-state index in [1.165, 1.54) is 10.7 Å². The number of hydrogen-bond acceptors (Lipinski definition) is 3. The number of halogens is 1. The van der Waals surface area contributed by atoms with E-state index in [9.17, 15) is 4.39 Å². The number of nitrogens with two attached hydrogens (primary N) is 1. The van der Waals surface area contributed by atoms with Gasteiger partial charge in [0.15, 0.2) is 5.82 Å². The quantitative estimate of drug-likeness (QED) is 0.764. The molecule has 0 unspecified atom stereocenters. The summed E-state index contributed by atoms with van der Waals surface area (Å²) in [6.45, 7) is 0. The van der Waals surface area contributed by atoms with Gasteiger partial charge in [-0.2, -0.15) is 4.68 Å². The van der Waals surface area contributed by atoms with Gasteiger partial charge in [-0.25, -0.2) is 4.39 Å². The summed E-state index contributed by atoms with van der Waals surface area (Å²) in [4.78, 5) is 0. The van der Waals surface area contributed by atoms with Gasteiger partial charge in [-0.15, -0.1) is 5.10 Å². The largest absolute Gasteiger partial charge is 0.382 e. The summed E-state index contributed by atoms with van der Waals surface area (Å²) in [6, 6.07) is 15.7. The smallest absolute Gasteiger partial charge is 0.156 e. The Balaban J connectivity index is 2.12. The molecule has 0 aliphatic heterocycles. The van der Waals surface area contributed by atoms with Gasteiger partial charge in [0.2, 0.25) is 0 Å². The molecule has 1 heterocycles. The second kappa shape index (κ2) is 4.53. The molecule has 0 saturated heterocycles. The molecule has 19 heavy (non-hydrogen) atoms. The molecule has 0 bridgehead atoms. The first kappa shape index (κ1) is 11.4. The van der Waals surface area contributed by atoms with Crippen molar-refractivity contribution < 1.29 is 4.39 Å². The Kier molecular flexibility index (Phi) is 2.72. The number of benzene rings is 2. The summed E-state index contributed by atoms with van der Waals surface area (Å²) in [5.41, 5.74) is 7.49. The van der Waals surface area contributed by atoms with Crippen LogP contribution in [0.25, 0.3) is 16.9 Å². The summed E-state index contributed by atoms with van der Waals surface area (Å²) < 4.78 is 15.2. The second-order valence-corrected chi connectivity index (χ2v) is 4.05. The van der Waals surface area contributed by atoms with Crippen LogP contribution < -0.4 is 5.73 Å². The van der Waals surface area contributed by atoms with Crippen LogP contribution in [0.1, 0.15) is 0 Å². The number of hydrogen-bond donors (Lipinski definition) is 1. The molecule has 3 aromatic rings. The van der Waals surface area contributed by atoms with E-state index in [1.807, 2.05) is 30.3 Å². The maximum Gasteiger partial charge on any atom is 0.156 e. The number of para-hydroxylation sites is 1. The monoisotopic (exact) mass is 254 g/mol. The summed E-state index contributed by atoms with van der Waals surface area (Å²) >= 11 is 0. The van der Waals surface area contributed by atoms with Crippen molar-refractivity contribution in [1.82, 2.24) is 15.0 Å². The van der Waals surface area contributed by atoms with Gasteiger partial charge >= 0.3 is 0 Å². The van der Waals surface area contributed by atoms with Crippen LogP contribution in [0.3, 0.4) is 0 Å². The number of rotatable bonds is 2. The van der Waals surface area contributed by atoms with Gasteiger partial charge in [0.25, 0.3) is 0 Å². The van der Waals surface area contributed by atoms with Gasteiger partial charge in [-0.3, -0.25) is 0 Å². The van der Waals surface area contributed by atoms with E-state index in [0.29, 0.717) is 17.1 Å². The molecule has 1 aromatic heterocycles. The third-order valence-electron chi connectivity index (χ3n) is 2.83. The minimum absolute atomic E-state index is 0.316. The number of nitrogen functional groups attached to an aromatic ring is 1. The van der Waals surface area contributed by atoms with Gasteiger partial charge in [0.1, 0.15) is 11.5 Å². The Morgan fingerprint density at radius 1 is 0.947 bits per heavy atom. The molecule has 94 valence electrons. The number of anilines is 1. The molecule has 0 aliphatic carbocycles. The first-order valence-electron chi connectivity index (χ1n) is 5.79. The summed E-state index contributed by atoms with van der Waals surface area (Å²) in [7, 11) is 0. The minimum atomic E-state index is -0.366. The van der Waals surface area contributed by atoms with Gasteiger partial charge in [0, 0.05) is 5.56 Å². The van der Waals surface area contributed by atoms with Crippen molar-refractivity contribution in [3.05, 3.63) is 60.4 Å². The zero-order valence-electron chi connectivity index (χ0n) is 9.99. The number of nitrogens with zero attached hydrogens (tertiary/aromatic N) is 3. The van der Waals surface area contributed by atoms with Crippen molar-refractivity contribution in [2.24, 2.45) is 0 Å². The first-order chi connectivity index (χ1) is 9.27. The van der Waals surface area contributed by atoms with Crippen LogP contribution in [0.2, 0.25) is 0 Å². The van der Waals surface area contributed by atoms with Crippen LogP contribution >= 0.6 is 0 Å². The highest BCUT2D eigenvalue weighted by atomic mass is 19.1. The van der Waals surface area contributed by atoms with E-state index in [2.05, 4.69) is 10.3 Å². The molecule has 0 spiro atoms. The third kappa shape index (κ3) is 1.95. The molecule has 0 saturated carbocycles. The van der Waals surface area contributed by atoms with Crippen molar-refractivity contribution in [3.8, 4) is 16.9 Å². The fourth-order valence-corrected chi connectivity index (χ4v) is 1.89. The van der Waals surface area contributed by atoms with Gasteiger partial charge in [0.05, 0.1) is 5.69 Å². The lowest BCUT2D eigenvalue weighted by Gasteiger charge is -2.03. The zero-order chi connectivity index (χ0) is 13.2. The topological polar surface area (TPSA) is 56.7 Å². The van der Waals surface area contributed by atoms with Gasteiger partial charge < -0.3 is 5.73 Å². The predicted molar refractivity (Wildman–Crippen MR) is 71.2 cm³/mol. The second-order valence-electron chi connectivity index (χ2n) is 4.05. The van der Waals surface area contributed by atoms with Crippen LogP contribution in [0, 0.1) is 5.82 Å². The Morgan fingerprint density at radius 2 is 1.63 bits per heavy atom. The van der Waals surface area contributed by atoms with Crippen molar-refractivity contribution in [2.45, 2.75) is 0 Å². The maximum absolute atomic E-state index is 13.7. The molecule has 2 aromatic carbocycles. The molecular weight excluding hydrogens is 243 g/mol. The average Bonchev–Trinajstić information content (AvgIpc) is 2.82. The lowest BCUT2D eigenvalue weighted by atomic mass is 10.1. The van der Waals surface area contributed by atoms with E-state index in [-0.39, 0.29) is 5.82 Å². The van der Waals surface area contributed by atoms with Gasteiger partial charge in [-0.1, -0.05) is 35.5 Å². The Hall–Kier alpha value is -2.69. The fourth-order valence-electron chi connectivity index (χ4n) is 1.89. The van der Waals surface area contributed by atoms with Crippen molar-refractivity contribution in [2.75, 3.05) is 5.73 Å². The van der Waals surface area contributed by atoms with Crippen molar-refractivity contribution in [1.29, 1.82) is 0 Å². The summed E-state index contributed by atoms with van der Waals surface area (Å²) in [6.07, 6.45) is 0. The molecule has 0 amide bonds. The van der Waals surface area contributed by atoms with E-state index in [0.717, 1.165) is 5.69 Å². The molecule has 0 atom stereocenters. The Morgan fingerprint density at radius 3 is 2.37 bits per heavy atom. The first-order valence-corrected chi connectivity index (χ1v) is 5.79. The molecular formula is C14H11FN4. The van der Waals surface area contributed by atoms with Crippen LogP contribution in [0.4, 0.5) is 10.2 Å². The van der Waals surface area contributed by atoms with E-state index >= 15 is 0 Å².